The minimum absolute atomic E-state index is 0.199. The van der Waals surface area contributed by atoms with Crippen LogP contribution in [-0.2, 0) is 6.42 Å². The van der Waals surface area contributed by atoms with Crippen LogP contribution in [0.5, 0.6) is 5.75 Å². The molecule has 0 fully saturated rings. The first-order chi connectivity index (χ1) is 12.3. The summed E-state index contributed by atoms with van der Waals surface area (Å²) in [5.41, 5.74) is 2.50. The number of hydrogen-bond donors (Lipinski definition) is 1. The molecule has 0 bridgehead atoms. The first-order valence-electron chi connectivity index (χ1n) is 9.38. The van der Waals surface area contributed by atoms with Crippen molar-refractivity contribution in [2.75, 3.05) is 13.2 Å². The quantitative estimate of drug-likeness (QED) is 0.811. The van der Waals surface area contributed by atoms with Crippen LogP contribution in [0.3, 0.4) is 0 Å². The average molecular weight is 336 g/mol. The highest BCUT2D eigenvalue weighted by Crippen LogP contribution is 2.25. The number of benzene rings is 2. The Labute approximate surface area is 151 Å². The second kappa shape index (κ2) is 9.26. The number of hydrogen-bond acceptors (Lipinski definition) is 3. The molecule has 1 aliphatic heterocycles. The monoisotopic (exact) mass is 336 g/mol. The van der Waals surface area contributed by atoms with Crippen LogP contribution in [0, 0.1) is 0 Å². The van der Waals surface area contributed by atoms with E-state index in [0.717, 1.165) is 31.0 Å². The first-order valence-corrected chi connectivity index (χ1v) is 9.38. The average Bonchev–Trinajstić information content (AvgIpc) is 2.92. The Bertz CT molecular complexity index is 681. The zero-order valence-electron chi connectivity index (χ0n) is 15.1. The Kier molecular flexibility index (Phi) is 6.49. The number of para-hydroxylation sites is 1. The van der Waals surface area contributed by atoms with Gasteiger partial charge in [0.05, 0.1) is 18.5 Å². The molecule has 1 aliphatic rings. The van der Waals surface area contributed by atoms with Crippen LogP contribution in [-0.4, -0.2) is 19.0 Å². The van der Waals surface area contributed by atoms with Crippen molar-refractivity contribution < 1.29 is 4.74 Å². The predicted octanol–water partition coefficient (Wildman–Crippen LogP) is 4.93. The summed E-state index contributed by atoms with van der Waals surface area (Å²) in [6.45, 7) is 3.83. The Balaban J connectivity index is 1.60. The van der Waals surface area contributed by atoms with Crippen LogP contribution < -0.4 is 10.1 Å². The number of rotatable bonds is 6. The fraction of sp³-hybridized carbons (Fsp3) is 0.409. The zero-order valence-corrected chi connectivity index (χ0v) is 15.1. The maximum Gasteiger partial charge on any atom is 0.124 e. The lowest BCUT2D eigenvalue weighted by Gasteiger charge is -2.20. The van der Waals surface area contributed by atoms with Crippen molar-refractivity contribution in [1.82, 2.24) is 5.32 Å². The second-order valence-electron chi connectivity index (χ2n) is 6.63. The lowest BCUT2D eigenvalue weighted by Crippen LogP contribution is -2.27. The van der Waals surface area contributed by atoms with Gasteiger partial charge in [-0.2, -0.15) is 0 Å². The van der Waals surface area contributed by atoms with Gasteiger partial charge in [-0.1, -0.05) is 55.0 Å². The van der Waals surface area contributed by atoms with Crippen molar-refractivity contribution >= 4 is 5.84 Å². The van der Waals surface area contributed by atoms with Gasteiger partial charge in [-0.15, -0.1) is 0 Å². The normalized spacial score (nSPS) is 15.8. The maximum atomic E-state index is 6.10. The highest BCUT2D eigenvalue weighted by Gasteiger charge is 2.14. The summed E-state index contributed by atoms with van der Waals surface area (Å²) in [6, 6.07) is 19.0. The minimum Gasteiger partial charge on any atom is -0.493 e. The molecule has 1 N–H and O–H groups in total. The van der Waals surface area contributed by atoms with E-state index >= 15 is 0 Å². The van der Waals surface area contributed by atoms with E-state index in [1.165, 1.54) is 30.4 Å². The lowest BCUT2D eigenvalue weighted by molar-refractivity contribution is 0.316. The Hall–Kier alpha value is -2.29. The first kappa shape index (κ1) is 17.5. The molecule has 3 nitrogen and oxygen atoms in total. The van der Waals surface area contributed by atoms with Gasteiger partial charge in [0.2, 0.25) is 0 Å². The van der Waals surface area contributed by atoms with Gasteiger partial charge in [0.15, 0.2) is 0 Å². The standard InChI is InChI=1S/C22H28N2O/c1-18(24-22-14-6-3-9-16-23-22)20-12-7-8-13-21(20)25-17-15-19-10-4-2-5-11-19/h2,4-5,7-8,10-13,18H,3,6,9,14-17H2,1H3,(H,23,24). The summed E-state index contributed by atoms with van der Waals surface area (Å²) < 4.78 is 6.10. The van der Waals surface area contributed by atoms with Gasteiger partial charge in [0, 0.05) is 24.9 Å². The van der Waals surface area contributed by atoms with Crippen molar-refractivity contribution in [2.24, 2.45) is 4.99 Å². The summed E-state index contributed by atoms with van der Waals surface area (Å²) in [6.07, 6.45) is 5.69. The number of aliphatic imine (C=N–C) groups is 1. The fourth-order valence-electron chi connectivity index (χ4n) is 3.21. The molecule has 0 saturated carbocycles. The summed E-state index contributed by atoms with van der Waals surface area (Å²) in [4.78, 5) is 4.68. The van der Waals surface area contributed by atoms with Gasteiger partial charge in [-0.25, -0.2) is 0 Å². The van der Waals surface area contributed by atoms with E-state index in [-0.39, 0.29) is 6.04 Å². The maximum absolute atomic E-state index is 6.10. The second-order valence-corrected chi connectivity index (χ2v) is 6.63. The number of amidine groups is 1. The van der Waals surface area contributed by atoms with Gasteiger partial charge >= 0.3 is 0 Å². The molecule has 0 aromatic heterocycles. The van der Waals surface area contributed by atoms with Crippen molar-refractivity contribution in [1.29, 1.82) is 0 Å². The summed E-state index contributed by atoms with van der Waals surface area (Å²) in [7, 11) is 0. The molecule has 1 atom stereocenters. The van der Waals surface area contributed by atoms with Crippen molar-refractivity contribution in [3.05, 3.63) is 65.7 Å². The van der Waals surface area contributed by atoms with Gasteiger partial charge in [-0.05, 0) is 31.4 Å². The van der Waals surface area contributed by atoms with Gasteiger partial charge in [0.1, 0.15) is 5.75 Å². The van der Waals surface area contributed by atoms with Gasteiger partial charge in [0.25, 0.3) is 0 Å². The third kappa shape index (κ3) is 5.35. The van der Waals surface area contributed by atoms with Crippen LogP contribution in [0.15, 0.2) is 59.6 Å². The topological polar surface area (TPSA) is 33.6 Å². The molecule has 2 aromatic carbocycles. The smallest absolute Gasteiger partial charge is 0.124 e. The lowest BCUT2D eigenvalue weighted by atomic mass is 10.1. The molecule has 0 amide bonds. The molecule has 3 heteroatoms. The molecular weight excluding hydrogens is 308 g/mol. The summed E-state index contributed by atoms with van der Waals surface area (Å²) in [5, 5.41) is 3.59. The molecular formula is C22H28N2O. The molecule has 0 radical (unpaired) electrons. The van der Waals surface area contributed by atoms with Gasteiger partial charge < -0.3 is 10.1 Å². The number of ether oxygens (including phenoxy) is 1. The van der Waals surface area contributed by atoms with Crippen molar-refractivity contribution in [3.63, 3.8) is 0 Å². The van der Waals surface area contributed by atoms with E-state index in [0.29, 0.717) is 6.61 Å². The fourth-order valence-corrected chi connectivity index (χ4v) is 3.21. The van der Waals surface area contributed by atoms with Crippen molar-refractivity contribution in [2.45, 2.75) is 45.1 Å². The van der Waals surface area contributed by atoms with Gasteiger partial charge in [-0.3, -0.25) is 4.99 Å². The SMILES string of the molecule is CC(NC1=NCCCCC1)c1ccccc1OCCc1ccccc1. The van der Waals surface area contributed by atoms with Crippen LogP contribution >= 0.6 is 0 Å². The third-order valence-electron chi connectivity index (χ3n) is 4.63. The number of nitrogens with one attached hydrogen (secondary N) is 1. The highest BCUT2D eigenvalue weighted by molar-refractivity contribution is 5.82. The molecule has 1 unspecified atom stereocenters. The predicted molar refractivity (Wildman–Crippen MR) is 104 cm³/mol. The van der Waals surface area contributed by atoms with Crippen LogP contribution in [0.25, 0.3) is 0 Å². The molecule has 132 valence electrons. The highest BCUT2D eigenvalue weighted by atomic mass is 16.5. The molecule has 0 spiro atoms. The van der Waals surface area contributed by atoms with E-state index in [2.05, 4.69) is 59.7 Å². The third-order valence-corrected chi connectivity index (χ3v) is 4.63. The summed E-state index contributed by atoms with van der Waals surface area (Å²) in [5.74, 6) is 2.11. The molecule has 0 aliphatic carbocycles. The zero-order chi connectivity index (χ0) is 17.3. The molecule has 2 aromatic rings. The minimum atomic E-state index is 0.199. The van der Waals surface area contributed by atoms with Crippen LogP contribution in [0.1, 0.15) is 49.8 Å². The summed E-state index contributed by atoms with van der Waals surface area (Å²) >= 11 is 0. The molecule has 1 heterocycles. The molecule has 25 heavy (non-hydrogen) atoms. The molecule has 0 saturated heterocycles. The van der Waals surface area contributed by atoms with E-state index in [1.54, 1.807) is 0 Å². The Morgan fingerprint density at radius 2 is 1.80 bits per heavy atom. The van der Waals surface area contributed by atoms with Crippen molar-refractivity contribution in [3.8, 4) is 5.75 Å². The Morgan fingerprint density at radius 3 is 2.68 bits per heavy atom. The van der Waals surface area contributed by atoms with E-state index in [9.17, 15) is 0 Å². The van der Waals surface area contributed by atoms with E-state index in [1.807, 2.05) is 12.1 Å². The number of nitrogens with zero attached hydrogens (tertiary/aromatic N) is 1. The van der Waals surface area contributed by atoms with Crippen LogP contribution in [0.2, 0.25) is 0 Å². The Morgan fingerprint density at radius 1 is 1.00 bits per heavy atom. The molecule has 3 rings (SSSR count). The van der Waals surface area contributed by atoms with Crippen LogP contribution in [0.4, 0.5) is 0 Å². The van der Waals surface area contributed by atoms with E-state index in [4.69, 9.17) is 4.74 Å². The largest absolute Gasteiger partial charge is 0.493 e. The van der Waals surface area contributed by atoms with E-state index < -0.39 is 0 Å².